The minimum Gasteiger partial charge on any atom is -0.434 e. The fraction of sp³-hybridized carbons (Fsp3) is 0.240. The molecular formula is C50H46F4N10O6. The number of nitrogens with zero attached hydrogens (tertiary/aromatic N) is 10. The van der Waals surface area contributed by atoms with Crippen LogP contribution in [0.25, 0.3) is 55.4 Å². The average Bonchev–Trinajstić information content (AvgIpc) is 4.07. The van der Waals surface area contributed by atoms with Gasteiger partial charge in [0.05, 0.1) is 83.3 Å². The lowest BCUT2D eigenvalue weighted by atomic mass is 10.1. The van der Waals surface area contributed by atoms with E-state index in [1.807, 2.05) is 50.2 Å². The number of benzene rings is 4. The molecule has 0 fully saturated rings. The fourth-order valence-electron chi connectivity index (χ4n) is 8.57. The molecule has 20 heteroatoms. The summed E-state index contributed by atoms with van der Waals surface area (Å²) in [5.74, 6) is 0.137. The number of aromatic nitrogens is 10. The van der Waals surface area contributed by atoms with Crippen LogP contribution in [0.15, 0.2) is 119 Å². The summed E-state index contributed by atoms with van der Waals surface area (Å²) in [6.07, 6.45) is 5.08. The average molecular weight is 959 g/mol. The second-order valence-corrected chi connectivity index (χ2v) is 17.0. The molecule has 6 heterocycles. The lowest BCUT2D eigenvalue weighted by Gasteiger charge is -2.15. The van der Waals surface area contributed by atoms with Gasteiger partial charge in [-0.25, -0.2) is 19.0 Å². The summed E-state index contributed by atoms with van der Waals surface area (Å²) < 4.78 is 70.8. The third-order valence-corrected chi connectivity index (χ3v) is 12.1. The minimum absolute atomic E-state index is 0.0685. The molecule has 70 heavy (non-hydrogen) atoms. The normalized spacial score (nSPS) is 12.7. The SMILES string of the molecule is Cc1ccc(OC(F)F)c(Cn2c3cc(-c4cnn5c(C(C)O)cnc5c4)ccc3c(=O)n2C)c1.Cc1ccc(OC(F)F)c(Cn2c3cc(-c4cnn5c([C@@H](C)O)cnc5c4)ccc3c(=O)n2C)c1. The fourth-order valence-corrected chi connectivity index (χ4v) is 8.57. The van der Waals surface area contributed by atoms with Gasteiger partial charge in [-0.3, -0.25) is 28.3 Å². The van der Waals surface area contributed by atoms with E-state index in [-0.39, 0.29) is 35.7 Å². The van der Waals surface area contributed by atoms with Gasteiger partial charge in [-0.2, -0.15) is 27.8 Å². The number of aliphatic hydroxyl groups excluding tert-OH is 2. The van der Waals surface area contributed by atoms with Crippen LogP contribution in [-0.4, -0.2) is 71.4 Å². The summed E-state index contributed by atoms with van der Waals surface area (Å²) in [5.41, 5.74) is 9.25. The van der Waals surface area contributed by atoms with Crippen molar-refractivity contribution in [2.45, 2.75) is 66.2 Å². The number of aryl methyl sites for hydroxylation is 2. The molecule has 4 aromatic carbocycles. The Balaban J connectivity index is 0.000000174. The molecule has 10 rings (SSSR count). The van der Waals surface area contributed by atoms with E-state index in [9.17, 15) is 37.4 Å². The maximum Gasteiger partial charge on any atom is 0.387 e. The Hall–Kier alpha value is -8.10. The number of ether oxygens (including phenoxy) is 2. The predicted octanol–water partition coefficient (Wildman–Crippen LogP) is 8.12. The zero-order valence-electron chi connectivity index (χ0n) is 38.6. The first-order chi connectivity index (χ1) is 33.4. The van der Waals surface area contributed by atoms with Crippen LogP contribution in [0.3, 0.4) is 0 Å². The number of hydrogen-bond donors (Lipinski definition) is 2. The van der Waals surface area contributed by atoms with Gasteiger partial charge < -0.3 is 19.7 Å². The smallest absolute Gasteiger partial charge is 0.387 e. The number of imidazole rings is 2. The number of alkyl halides is 4. The van der Waals surface area contributed by atoms with Crippen molar-refractivity contribution in [3.05, 3.63) is 164 Å². The highest BCUT2D eigenvalue weighted by molar-refractivity contribution is 5.86. The Morgan fingerprint density at radius 3 is 1.31 bits per heavy atom. The largest absolute Gasteiger partial charge is 0.434 e. The van der Waals surface area contributed by atoms with Crippen molar-refractivity contribution in [1.29, 1.82) is 0 Å². The van der Waals surface area contributed by atoms with Crippen molar-refractivity contribution in [3.63, 3.8) is 0 Å². The molecule has 0 spiro atoms. The van der Waals surface area contributed by atoms with Crippen molar-refractivity contribution in [2.24, 2.45) is 14.1 Å². The molecule has 0 amide bonds. The van der Waals surface area contributed by atoms with Crippen LogP contribution in [0.1, 0.15) is 59.7 Å². The van der Waals surface area contributed by atoms with E-state index in [4.69, 9.17) is 9.47 Å². The number of rotatable bonds is 12. The van der Waals surface area contributed by atoms with Gasteiger partial charge in [-0.15, -0.1) is 0 Å². The monoisotopic (exact) mass is 958 g/mol. The van der Waals surface area contributed by atoms with Crippen LogP contribution in [0.2, 0.25) is 0 Å². The Kier molecular flexibility index (Phi) is 12.6. The number of hydrogen-bond acceptors (Lipinski definition) is 10. The van der Waals surface area contributed by atoms with Gasteiger partial charge in [0.2, 0.25) is 0 Å². The Labute approximate surface area is 395 Å². The van der Waals surface area contributed by atoms with Crippen LogP contribution in [0.4, 0.5) is 17.6 Å². The predicted molar refractivity (Wildman–Crippen MR) is 253 cm³/mol. The van der Waals surface area contributed by atoms with Crippen LogP contribution in [0.5, 0.6) is 11.5 Å². The molecule has 0 radical (unpaired) electrons. The van der Waals surface area contributed by atoms with Crippen molar-refractivity contribution < 1.29 is 37.2 Å². The van der Waals surface area contributed by atoms with Crippen molar-refractivity contribution in [2.75, 3.05) is 0 Å². The number of halogens is 4. The highest BCUT2D eigenvalue weighted by Gasteiger charge is 2.20. The summed E-state index contributed by atoms with van der Waals surface area (Å²) >= 11 is 0. The van der Waals surface area contributed by atoms with E-state index in [0.29, 0.717) is 55.6 Å². The van der Waals surface area contributed by atoms with Crippen LogP contribution in [0, 0.1) is 13.8 Å². The molecule has 0 aliphatic rings. The quantitative estimate of drug-likeness (QED) is 0.114. The van der Waals surface area contributed by atoms with Crippen molar-refractivity contribution >= 4 is 33.1 Å². The van der Waals surface area contributed by atoms with Crippen LogP contribution >= 0.6 is 0 Å². The van der Waals surface area contributed by atoms with Crippen molar-refractivity contribution in [3.8, 4) is 33.8 Å². The molecule has 0 aliphatic heterocycles. The highest BCUT2D eigenvalue weighted by Crippen LogP contribution is 2.30. The maximum atomic E-state index is 13.0. The first-order valence-electron chi connectivity index (χ1n) is 22.0. The Morgan fingerprint density at radius 1 is 0.543 bits per heavy atom. The molecule has 10 aromatic rings. The summed E-state index contributed by atoms with van der Waals surface area (Å²) in [4.78, 5) is 34.5. The Morgan fingerprint density at radius 2 is 0.943 bits per heavy atom. The third kappa shape index (κ3) is 9.01. The van der Waals surface area contributed by atoms with E-state index in [2.05, 4.69) is 20.2 Å². The molecule has 360 valence electrons. The lowest BCUT2D eigenvalue weighted by molar-refractivity contribution is -0.0511. The zero-order chi connectivity index (χ0) is 49.7. The zero-order valence-corrected chi connectivity index (χ0v) is 38.6. The van der Waals surface area contributed by atoms with E-state index < -0.39 is 25.4 Å². The Bertz CT molecular complexity index is 3480. The molecule has 16 nitrogen and oxygen atoms in total. The van der Waals surface area contributed by atoms with Crippen LogP contribution in [-0.2, 0) is 27.2 Å². The van der Waals surface area contributed by atoms with Gasteiger partial charge in [0.15, 0.2) is 11.3 Å². The van der Waals surface area contributed by atoms with E-state index in [1.54, 1.807) is 108 Å². The summed E-state index contributed by atoms with van der Waals surface area (Å²) in [6.45, 7) is 1.45. The first kappa shape index (κ1) is 47.0. The van der Waals surface area contributed by atoms with Gasteiger partial charge in [0.1, 0.15) is 11.5 Å². The molecule has 0 bridgehead atoms. The second kappa shape index (κ2) is 18.8. The number of aliphatic hydroxyl groups is 2. The molecule has 2 N–H and O–H groups in total. The molecule has 1 unspecified atom stereocenters. The molecule has 0 saturated heterocycles. The minimum atomic E-state index is -2.95. The summed E-state index contributed by atoms with van der Waals surface area (Å²) in [6, 6.07) is 24.6. The topological polar surface area (TPSA) is 173 Å². The summed E-state index contributed by atoms with van der Waals surface area (Å²) in [5, 5.41) is 29.6. The molecule has 0 saturated carbocycles. The van der Waals surface area contributed by atoms with Crippen molar-refractivity contribution in [1.82, 2.24) is 47.9 Å². The molecular weight excluding hydrogens is 913 g/mol. The number of fused-ring (bicyclic) bond motifs is 4. The standard InChI is InChI=1S/2C25H23F2N5O3/c2*1-14-4-7-22(35-25(26)27)18(8-14)13-31-20-9-16(5-6-19(20)24(34)30(31)3)17-10-23-28-12-21(15(2)33)32(23)29-11-17/h2*4-12,15,25,33H,13H2,1-3H3/t15-;/m1./s1. The van der Waals surface area contributed by atoms with E-state index in [1.165, 1.54) is 21.5 Å². The van der Waals surface area contributed by atoms with Crippen LogP contribution < -0.4 is 20.6 Å². The first-order valence-corrected chi connectivity index (χ1v) is 22.0. The summed E-state index contributed by atoms with van der Waals surface area (Å²) in [7, 11) is 3.28. The molecule has 2 atom stereocenters. The molecule has 6 aromatic heterocycles. The van der Waals surface area contributed by atoms with Gasteiger partial charge in [-0.05, 0) is 87.4 Å². The van der Waals surface area contributed by atoms with Gasteiger partial charge in [0.25, 0.3) is 11.1 Å². The van der Waals surface area contributed by atoms with Gasteiger partial charge in [0, 0.05) is 36.3 Å². The lowest BCUT2D eigenvalue weighted by Crippen LogP contribution is -2.20. The highest BCUT2D eigenvalue weighted by atomic mass is 19.3. The van der Waals surface area contributed by atoms with Gasteiger partial charge >= 0.3 is 13.2 Å². The third-order valence-electron chi connectivity index (χ3n) is 12.1. The molecule has 0 aliphatic carbocycles. The second-order valence-electron chi connectivity index (χ2n) is 17.0. The maximum absolute atomic E-state index is 13.0. The van der Waals surface area contributed by atoms with E-state index in [0.717, 1.165) is 33.4 Å². The van der Waals surface area contributed by atoms with Gasteiger partial charge in [-0.1, -0.05) is 47.5 Å². The van der Waals surface area contributed by atoms with E-state index >= 15 is 0 Å².